The SMILES string of the molecule is COc1ccc(NC(=O)c2ccccc2-c2ncc(-c3ccccc3)o2)cn1. The van der Waals surface area contributed by atoms with Gasteiger partial charge in [0.25, 0.3) is 5.91 Å². The van der Waals surface area contributed by atoms with Crippen LogP contribution in [0.1, 0.15) is 10.4 Å². The Morgan fingerprint density at radius 1 is 0.929 bits per heavy atom. The van der Waals surface area contributed by atoms with Crippen LogP contribution in [0.25, 0.3) is 22.8 Å². The molecule has 0 saturated heterocycles. The number of ether oxygens (including phenoxy) is 1. The average molecular weight is 371 g/mol. The number of rotatable bonds is 5. The number of methoxy groups -OCH3 is 1. The van der Waals surface area contributed by atoms with E-state index in [2.05, 4.69) is 15.3 Å². The lowest BCUT2D eigenvalue weighted by molar-refractivity contribution is 0.102. The molecule has 2 aromatic heterocycles. The van der Waals surface area contributed by atoms with E-state index in [0.717, 1.165) is 5.56 Å². The Labute approximate surface area is 161 Å². The van der Waals surface area contributed by atoms with E-state index in [1.807, 2.05) is 42.5 Å². The van der Waals surface area contributed by atoms with Gasteiger partial charge < -0.3 is 14.5 Å². The molecule has 0 aliphatic carbocycles. The van der Waals surface area contributed by atoms with Gasteiger partial charge in [-0.25, -0.2) is 9.97 Å². The van der Waals surface area contributed by atoms with Crippen molar-refractivity contribution in [2.45, 2.75) is 0 Å². The molecule has 28 heavy (non-hydrogen) atoms. The molecular formula is C22H17N3O3. The first-order chi connectivity index (χ1) is 13.7. The van der Waals surface area contributed by atoms with E-state index in [4.69, 9.17) is 9.15 Å². The molecule has 0 atom stereocenters. The maximum atomic E-state index is 12.8. The van der Waals surface area contributed by atoms with Crippen molar-refractivity contribution in [3.05, 3.63) is 84.7 Å². The van der Waals surface area contributed by atoms with Gasteiger partial charge in [0, 0.05) is 17.2 Å². The van der Waals surface area contributed by atoms with Crippen molar-refractivity contribution in [3.63, 3.8) is 0 Å². The summed E-state index contributed by atoms with van der Waals surface area (Å²) in [5.41, 5.74) is 2.56. The summed E-state index contributed by atoms with van der Waals surface area (Å²) >= 11 is 0. The van der Waals surface area contributed by atoms with Gasteiger partial charge in [-0.05, 0) is 18.2 Å². The summed E-state index contributed by atoms with van der Waals surface area (Å²) in [4.78, 5) is 21.3. The number of benzene rings is 2. The predicted molar refractivity (Wildman–Crippen MR) is 106 cm³/mol. The number of amides is 1. The number of pyridine rings is 1. The highest BCUT2D eigenvalue weighted by Gasteiger charge is 2.17. The smallest absolute Gasteiger partial charge is 0.256 e. The molecule has 0 fully saturated rings. The molecule has 0 spiro atoms. The summed E-state index contributed by atoms with van der Waals surface area (Å²) in [6.07, 6.45) is 3.20. The first kappa shape index (κ1) is 17.5. The van der Waals surface area contributed by atoms with E-state index in [-0.39, 0.29) is 5.91 Å². The second-order valence-electron chi connectivity index (χ2n) is 5.98. The number of oxazole rings is 1. The van der Waals surface area contributed by atoms with E-state index in [0.29, 0.717) is 34.3 Å². The quantitative estimate of drug-likeness (QED) is 0.552. The van der Waals surface area contributed by atoms with Crippen LogP contribution in [-0.2, 0) is 0 Å². The molecule has 4 aromatic rings. The third-order valence-electron chi connectivity index (χ3n) is 4.17. The molecule has 0 aliphatic rings. The van der Waals surface area contributed by atoms with E-state index < -0.39 is 0 Å². The summed E-state index contributed by atoms with van der Waals surface area (Å²) in [6, 6.07) is 20.3. The van der Waals surface area contributed by atoms with E-state index in [1.54, 1.807) is 30.5 Å². The third-order valence-corrected chi connectivity index (χ3v) is 4.17. The Morgan fingerprint density at radius 3 is 2.46 bits per heavy atom. The highest BCUT2D eigenvalue weighted by atomic mass is 16.5. The van der Waals surface area contributed by atoms with Crippen LogP contribution >= 0.6 is 0 Å². The molecule has 1 amide bonds. The minimum absolute atomic E-state index is 0.276. The summed E-state index contributed by atoms with van der Waals surface area (Å²) in [7, 11) is 1.54. The number of aromatic nitrogens is 2. The van der Waals surface area contributed by atoms with Crippen LogP contribution in [-0.4, -0.2) is 23.0 Å². The van der Waals surface area contributed by atoms with Gasteiger partial charge in [-0.2, -0.15) is 0 Å². The van der Waals surface area contributed by atoms with Crippen LogP contribution in [0.4, 0.5) is 5.69 Å². The highest BCUT2D eigenvalue weighted by molar-refractivity contribution is 6.08. The van der Waals surface area contributed by atoms with Crippen LogP contribution in [0.3, 0.4) is 0 Å². The van der Waals surface area contributed by atoms with Crippen molar-refractivity contribution in [1.29, 1.82) is 0 Å². The predicted octanol–water partition coefficient (Wildman–Crippen LogP) is 4.66. The van der Waals surface area contributed by atoms with Gasteiger partial charge in [0.2, 0.25) is 11.8 Å². The van der Waals surface area contributed by atoms with Gasteiger partial charge in [0.05, 0.1) is 30.8 Å². The molecule has 2 heterocycles. The van der Waals surface area contributed by atoms with Crippen molar-refractivity contribution in [2.75, 3.05) is 12.4 Å². The van der Waals surface area contributed by atoms with Gasteiger partial charge in [-0.1, -0.05) is 42.5 Å². The van der Waals surface area contributed by atoms with Crippen molar-refractivity contribution in [2.24, 2.45) is 0 Å². The number of anilines is 1. The lowest BCUT2D eigenvalue weighted by Gasteiger charge is -2.08. The van der Waals surface area contributed by atoms with E-state index >= 15 is 0 Å². The van der Waals surface area contributed by atoms with Gasteiger partial charge in [0.15, 0.2) is 5.76 Å². The zero-order chi connectivity index (χ0) is 19.3. The lowest BCUT2D eigenvalue weighted by atomic mass is 10.1. The number of hydrogen-bond acceptors (Lipinski definition) is 5. The van der Waals surface area contributed by atoms with Crippen LogP contribution in [0, 0.1) is 0 Å². The fourth-order valence-electron chi connectivity index (χ4n) is 2.78. The Kier molecular flexibility index (Phi) is 4.84. The first-order valence-electron chi connectivity index (χ1n) is 8.66. The standard InChI is InChI=1S/C22H17N3O3/c1-27-20-12-11-16(13-23-20)25-21(26)17-9-5-6-10-18(17)22-24-14-19(28-22)15-7-3-2-4-8-15/h2-14H,1H3,(H,25,26). The van der Waals surface area contributed by atoms with E-state index in [9.17, 15) is 4.79 Å². The molecule has 0 saturated carbocycles. The molecule has 0 bridgehead atoms. The largest absolute Gasteiger partial charge is 0.481 e. The molecule has 0 radical (unpaired) electrons. The molecule has 6 nitrogen and oxygen atoms in total. The van der Waals surface area contributed by atoms with Gasteiger partial charge in [-0.15, -0.1) is 0 Å². The molecule has 0 aliphatic heterocycles. The summed E-state index contributed by atoms with van der Waals surface area (Å²) < 4.78 is 10.9. The minimum Gasteiger partial charge on any atom is -0.481 e. The maximum Gasteiger partial charge on any atom is 0.256 e. The number of nitrogens with one attached hydrogen (secondary N) is 1. The first-order valence-corrected chi connectivity index (χ1v) is 8.66. The molecule has 0 unspecified atom stereocenters. The molecule has 2 aromatic carbocycles. The molecule has 1 N–H and O–H groups in total. The fourth-order valence-corrected chi connectivity index (χ4v) is 2.78. The summed E-state index contributed by atoms with van der Waals surface area (Å²) in [6.45, 7) is 0. The topological polar surface area (TPSA) is 77.2 Å². The Hall–Kier alpha value is -3.93. The zero-order valence-electron chi connectivity index (χ0n) is 15.1. The van der Waals surface area contributed by atoms with Gasteiger partial charge in [-0.3, -0.25) is 4.79 Å². The monoisotopic (exact) mass is 371 g/mol. The summed E-state index contributed by atoms with van der Waals surface area (Å²) in [5.74, 6) is 1.23. The van der Waals surface area contributed by atoms with Crippen molar-refractivity contribution in [3.8, 4) is 28.7 Å². The van der Waals surface area contributed by atoms with Crippen molar-refractivity contribution < 1.29 is 13.9 Å². The number of hydrogen-bond donors (Lipinski definition) is 1. The second-order valence-corrected chi connectivity index (χ2v) is 5.98. The molecule has 6 heteroatoms. The third kappa shape index (κ3) is 3.61. The molecular weight excluding hydrogens is 354 g/mol. The molecule has 138 valence electrons. The van der Waals surface area contributed by atoms with Crippen LogP contribution in [0.5, 0.6) is 5.88 Å². The number of nitrogens with zero attached hydrogens (tertiary/aromatic N) is 2. The zero-order valence-corrected chi connectivity index (χ0v) is 15.1. The lowest BCUT2D eigenvalue weighted by Crippen LogP contribution is -2.13. The van der Waals surface area contributed by atoms with Crippen LogP contribution in [0.15, 0.2) is 83.5 Å². The van der Waals surface area contributed by atoms with E-state index in [1.165, 1.54) is 13.3 Å². The summed E-state index contributed by atoms with van der Waals surface area (Å²) in [5, 5.41) is 2.83. The Bertz CT molecular complexity index is 1090. The minimum atomic E-state index is -0.276. The van der Waals surface area contributed by atoms with Gasteiger partial charge in [0.1, 0.15) is 0 Å². The number of carbonyl (C=O) groups excluding carboxylic acids is 1. The van der Waals surface area contributed by atoms with Crippen molar-refractivity contribution in [1.82, 2.24) is 9.97 Å². The van der Waals surface area contributed by atoms with Crippen LogP contribution < -0.4 is 10.1 Å². The second kappa shape index (κ2) is 7.75. The number of carbonyl (C=O) groups is 1. The normalized spacial score (nSPS) is 10.5. The Morgan fingerprint density at radius 2 is 1.71 bits per heavy atom. The highest BCUT2D eigenvalue weighted by Crippen LogP contribution is 2.28. The fraction of sp³-hybridized carbons (Fsp3) is 0.0455. The van der Waals surface area contributed by atoms with Crippen LogP contribution in [0.2, 0.25) is 0 Å². The van der Waals surface area contributed by atoms with Crippen molar-refractivity contribution >= 4 is 11.6 Å². The molecule has 4 rings (SSSR count). The average Bonchev–Trinajstić information content (AvgIpc) is 3.25. The van der Waals surface area contributed by atoms with Gasteiger partial charge >= 0.3 is 0 Å². The maximum absolute atomic E-state index is 12.8. The Balaban J connectivity index is 1.61.